The van der Waals surface area contributed by atoms with Crippen molar-refractivity contribution >= 4 is 15.7 Å². The van der Waals surface area contributed by atoms with Crippen molar-refractivity contribution in [3.8, 4) is 11.5 Å². The van der Waals surface area contributed by atoms with Crippen molar-refractivity contribution in [3.63, 3.8) is 0 Å². The third-order valence-electron chi connectivity index (χ3n) is 5.14. The van der Waals surface area contributed by atoms with Crippen molar-refractivity contribution in [2.24, 2.45) is 7.05 Å². The molecule has 9 heteroatoms. The van der Waals surface area contributed by atoms with Crippen molar-refractivity contribution in [3.05, 3.63) is 46.9 Å². The first-order chi connectivity index (χ1) is 13.2. The standard InChI is InChI=1S/C19H21FN4O3S/c1-10-5-8-14(20)15(9-10)23-28(25,26)17-12(3)24(4)11(2)16(17)19-22-21-18(27-19)13-6-7-13/h5,8-9,13,23H,6-7H2,1-4H3. The number of anilines is 1. The van der Waals surface area contributed by atoms with Gasteiger partial charge in [0.05, 0.1) is 11.3 Å². The van der Waals surface area contributed by atoms with Crippen LogP contribution in [0.25, 0.3) is 11.5 Å². The zero-order chi connectivity index (χ0) is 20.2. The summed E-state index contributed by atoms with van der Waals surface area (Å²) in [5.74, 6) is 0.297. The van der Waals surface area contributed by atoms with E-state index in [4.69, 9.17) is 4.42 Å². The van der Waals surface area contributed by atoms with E-state index in [9.17, 15) is 12.8 Å². The summed E-state index contributed by atoms with van der Waals surface area (Å²) in [6.07, 6.45) is 1.99. The molecule has 0 unspecified atom stereocenters. The third kappa shape index (κ3) is 3.09. The minimum absolute atomic E-state index is 0.0133. The number of hydrogen-bond donors (Lipinski definition) is 1. The first-order valence-corrected chi connectivity index (χ1v) is 10.5. The number of halogens is 1. The maximum absolute atomic E-state index is 14.2. The van der Waals surface area contributed by atoms with Crippen molar-refractivity contribution in [1.29, 1.82) is 0 Å². The van der Waals surface area contributed by atoms with Gasteiger partial charge in [-0.15, -0.1) is 10.2 Å². The van der Waals surface area contributed by atoms with Crippen molar-refractivity contribution < 1.29 is 17.2 Å². The average molecular weight is 404 g/mol. The van der Waals surface area contributed by atoms with Crippen molar-refractivity contribution in [2.45, 2.75) is 44.4 Å². The fourth-order valence-corrected chi connectivity index (χ4v) is 4.82. The lowest BCUT2D eigenvalue weighted by Crippen LogP contribution is -2.16. The Morgan fingerprint density at radius 1 is 1.18 bits per heavy atom. The van der Waals surface area contributed by atoms with Crippen LogP contribution in [0.3, 0.4) is 0 Å². The summed E-state index contributed by atoms with van der Waals surface area (Å²) < 4.78 is 50.5. The van der Waals surface area contributed by atoms with Crippen LogP contribution in [0.5, 0.6) is 0 Å². The van der Waals surface area contributed by atoms with Crippen LogP contribution in [-0.4, -0.2) is 23.2 Å². The van der Waals surface area contributed by atoms with Gasteiger partial charge < -0.3 is 8.98 Å². The number of nitrogens with zero attached hydrogens (tertiary/aromatic N) is 3. The zero-order valence-electron chi connectivity index (χ0n) is 16.1. The monoisotopic (exact) mass is 404 g/mol. The largest absolute Gasteiger partial charge is 0.420 e. The minimum Gasteiger partial charge on any atom is -0.420 e. The van der Waals surface area contributed by atoms with Gasteiger partial charge in [0.15, 0.2) is 0 Å². The summed E-state index contributed by atoms with van der Waals surface area (Å²) in [4.78, 5) is 0.0133. The van der Waals surface area contributed by atoms with Gasteiger partial charge in [0.1, 0.15) is 10.7 Å². The molecule has 4 rings (SSSR count). The number of rotatable bonds is 5. The fourth-order valence-electron chi connectivity index (χ4n) is 3.24. The second kappa shape index (κ2) is 6.44. The lowest BCUT2D eigenvalue weighted by molar-refractivity contribution is 0.507. The molecule has 1 aliphatic rings. The molecule has 28 heavy (non-hydrogen) atoms. The van der Waals surface area contributed by atoms with E-state index < -0.39 is 15.8 Å². The minimum atomic E-state index is -4.10. The highest BCUT2D eigenvalue weighted by atomic mass is 32.2. The van der Waals surface area contributed by atoms with Gasteiger partial charge in [0.25, 0.3) is 15.9 Å². The number of benzene rings is 1. The van der Waals surface area contributed by atoms with E-state index >= 15 is 0 Å². The van der Waals surface area contributed by atoms with E-state index in [1.165, 1.54) is 12.1 Å². The maximum Gasteiger partial charge on any atom is 0.264 e. The second-order valence-electron chi connectivity index (χ2n) is 7.24. The van der Waals surface area contributed by atoms with Crippen molar-refractivity contribution in [1.82, 2.24) is 14.8 Å². The van der Waals surface area contributed by atoms with Gasteiger partial charge in [-0.1, -0.05) is 6.07 Å². The van der Waals surface area contributed by atoms with E-state index in [2.05, 4.69) is 14.9 Å². The molecule has 1 aromatic carbocycles. The molecule has 0 amide bonds. The van der Waals surface area contributed by atoms with Gasteiger partial charge in [0.2, 0.25) is 5.89 Å². The Labute approximate surface area is 162 Å². The van der Waals surface area contributed by atoms with Crippen LogP contribution in [-0.2, 0) is 17.1 Å². The molecule has 1 N–H and O–H groups in total. The molecular formula is C19H21FN4O3S. The number of sulfonamides is 1. The Bertz CT molecular complexity index is 1180. The van der Waals surface area contributed by atoms with E-state index in [0.29, 0.717) is 22.8 Å². The van der Waals surface area contributed by atoms with Crippen LogP contribution in [0.1, 0.15) is 41.6 Å². The molecule has 1 saturated carbocycles. The van der Waals surface area contributed by atoms with Crippen molar-refractivity contribution in [2.75, 3.05) is 4.72 Å². The molecule has 0 saturated heterocycles. The molecule has 3 aromatic rings. The molecule has 0 spiro atoms. The Morgan fingerprint density at radius 2 is 1.89 bits per heavy atom. The summed E-state index contributed by atoms with van der Waals surface area (Å²) in [5.41, 5.74) is 2.16. The average Bonchev–Trinajstić information content (AvgIpc) is 3.32. The topological polar surface area (TPSA) is 90.0 Å². The van der Waals surface area contributed by atoms with E-state index in [1.54, 1.807) is 38.5 Å². The Hall–Kier alpha value is -2.68. The van der Waals surface area contributed by atoms with E-state index in [-0.39, 0.29) is 22.4 Å². The van der Waals surface area contributed by atoms with Gasteiger partial charge in [-0.25, -0.2) is 12.8 Å². The predicted octanol–water partition coefficient (Wildman–Crippen LogP) is 3.82. The Kier molecular flexibility index (Phi) is 4.29. The maximum atomic E-state index is 14.2. The number of nitrogens with one attached hydrogen (secondary N) is 1. The second-order valence-corrected chi connectivity index (χ2v) is 8.86. The molecule has 0 aliphatic heterocycles. The molecule has 2 aromatic heterocycles. The molecule has 148 valence electrons. The first-order valence-electron chi connectivity index (χ1n) is 8.97. The molecule has 0 bridgehead atoms. The van der Waals surface area contributed by atoms with Gasteiger partial charge in [-0.05, 0) is 51.3 Å². The van der Waals surface area contributed by atoms with Crippen LogP contribution in [0.4, 0.5) is 10.1 Å². The smallest absolute Gasteiger partial charge is 0.264 e. The van der Waals surface area contributed by atoms with Crippen LogP contribution < -0.4 is 4.72 Å². The summed E-state index contributed by atoms with van der Waals surface area (Å²) in [6, 6.07) is 4.26. The SMILES string of the molecule is Cc1ccc(F)c(NS(=O)(=O)c2c(-c3nnc(C4CC4)o3)c(C)n(C)c2C)c1. The van der Waals surface area contributed by atoms with Gasteiger partial charge in [-0.3, -0.25) is 4.72 Å². The normalized spacial score (nSPS) is 14.5. The molecule has 0 radical (unpaired) electrons. The highest BCUT2D eigenvalue weighted by Gasteiger charge is 2.34. The zero-order valence-corrected chi connectivity index (χ0v) is 16.9. The fraction of sp³-hybridized carbons (Fsp3) is 0.368. The first kappa shape index (κ1) is 18.7. The predicted molar refractivity (Wildman–Crippen MR) is 102 cm³/mol. The molecule has 1 fully saturated rings. The molecule has 1 aliphatic carbocycles. The lowest BCUT2D eigenvalue weighted by atomic mass is 10.2. The number of aromatic nitrogens is 3. The van der Waals surface area contributed by atoms with E-state index in [0.717, 1.165) is 18.4 Å². The Balaban J connectivity index is 1.84. The highest BCUT2D eigenvalue weighted by Crippen LogP contribution is 2.42. The quantitative estimate of drug-likeness (QED) is 0.698. The third-order valence-corrected chi connectivity index (χ3v) is 6.67. The summed E-state index contributed by atoms with van der Waals surface area (Å²) in [5, 5.41) is 8.15. The lowest BCUT2D eigenvalue weighted by Gasteiger charge is -2.11. The van der Waals surface area contributed by atoms with Gasteiger partial charge >= 0.3 is 0 Å². The van der Waals surface area contributed by atoms with Crippen LogP contribution in [0, 0.1) is 26.6 Å². The molecule has 0 atom stereocenters. The van der Waals surface area contributed by atoms with Crippen LogP contribution in [0.2, 0.25) is 0 Å². The van der Waals surface area contributed by atoms with Crippen LogP contribution in [0.15, 0.2) is 27.5 Å². The number of aryl methyl sites for hydroxylation is 1. The van der Waals surface area contributed by atoms with E-state index in [1.807, 2.05) is 0 Å². The Morgan fingerprint density at radius 3 is 2.57 bits per heavy atom. The molecule has 7 nitrogen and oxygen atoms in total. The number of hydrogen-bond acceptors (Lipinski definition) is 5. The molecule has 2 heterocycles. The summed E-state index contributed by atoms with van der Waals surface area (Å²) in [6.45, 7) is 5.24. The van der Waals surface area contributed by atoms with Gasteiger partial charge in [0, 0.05) is 24.4 Å². The summed E-state index contributed by atoms with van der Waals surface area (Å²) >= 11 is 0. The highest BCUT2D eigenvalue weighted by molar-refractivity contribution is 7.93. The summed E-state index contributed by atoms with van der Waals surface area (Å²) in [7, 11) is -2.34. The molecular weight excluding hydrogens is 383 g/mol. The van der Waals surface area contributed by atoms with Crippen LogP contribution >= 0.6 is 0 Å². The van der Waals surface area contributed by atoms with Gasteiger partial charge in [-0.2, -0.15) is 0 Å².